The predicted molar refractivity (Wildman–Crippen MR) is 243 cm³/mol. The molecule has 3 unspecified atom stereocenters. The second-order valence-corrected chi connectivity index (χ2v) is 18.3. The Kier molecular flexibility index (Phi) is 35.8. The lowest BCUT2D eigenvalue weighted by Crippen LogP contribution is -2.60. The number of hydrogen-bond donors (Lipinski definition) is 4. The fraction of sp³-hybridized carbons (Fsp3) is 0.833. The number of aliphatic hydroxyl groups is 3. The van der Waals surface area contributed by atoms with Crippen LogP contribution in [0.15, 0.2) is 36.5 Å². The number of unbranched alkanes of at least 4 members (excludes halogenated alkanes) is 22. The molecule has 13 heteroatoms. The number of carbonyl (C=O) groups excluding carboxylic acids is 2. The molecule has 1 rings (SSSR count). The number of rotatable bonds is 40. The van der Waals surface area contributed by atoms with E-state index in [1.807, 2.05) is 12.2 Å². The van der Waals surface area contributed by atoms with Crippen LogP contribution in [0.2, 0.25) is 0 Å². The topological polar surface area (TPSA) is 186 Å². The highest BCUT2D eigenvalue weighted by Gasteiger charge is 2.46. The van der Waals surface area contributed by atoms with Crippen molar-refractivity contribution in [3.8, 4) is 0 Å². The fourth-order valence-electron chi connectivity index (χ4n) is 7.20. The van der Waals surface area contributed by atoms with Gasteiger partial charge in [-0.25, -0.2) is 0 Å². The summed E-state index contributed by atoms with van der Waals surface area (Å²) in [6.45, 7) is 3.71. The number of esters is 2. The van der Waals surface area contributed by atoms with Gasteiger partial charge in [0.2, 0.25) is 0 Å². The first-order valence-corrected chi connectivity index (χ1v) is 25.7. The highest BCUT2D eigenvalue weighted by molar-refractivity contribution is 7.85. The number of allylic oxidation sites excluding steroid dienone is 6. The SMILES string of the molecule is CCCCCCCC/C=C/C/C=C/CCC(=O)OC(COC(=O)CCCCCCCCC/C=C/CCCCCCCCCCC)CO[C@H]1O[C@H](CS(=O)(=O)O)[C@@H](O)C(O)C1O. The zero-order valence-corrected chi connectivity index (χ0v) is 38.8. The molecule has 0 radical (unpaired) electrons. The lowest BCUT2D eigenvalue weighted by molar-refractivity contribution is -0.297. The molecule has 0 aromatic carbocycles. The van der Waals surface area contributed by atoms with E-state index in [4.69, 9.17) is 18.9 Å². The molecular weight excluding hydrogens is 801 g/mol. The maximum absolute atomic E-state index is 12.8. The number of carbonyl (C=O) groups is 2. The summed E-state index contributed by atoms with van der Waals surface area (Å²) in [6.07, 6.45) is 35.0. The summed E-state index contributed by atoms with van der Waals surface area (Å²) in [5.41, 5.74) is 0. The molecule has 1 aliphatic heterocycles. The van der Waals surface area contributed by atoms with E-state index in [0.717, 1.165) is 38.5 Å². The predicted octanol–water partition coefficient (Wildman–Crippen LogP) is 10.2. The van der Waals surface area contributed by atoms with Crippen molar-refractivity contribution in [1.82, 2.24) is 0 Å². The van der Waals surface area contributed by atoms with Crippen LogP contribution in [0, 0.1) is 0 Å². The third-order valence-electron chi connectivity index (χ3n) is 11.0. The average molecular weight is 887 g/mol. The molecule has 0 aromatic heterocycles. The Morgan fingerprint density at radius 3 is 1.52 bits per heavy atom. The van der Waals surface area contributed by atoms with Gasteiger partial charge in [0.05, 0.1) is 6.61 Å². The largest absolute Gasteiger partial charge is 0.462 e. The summed E-state index contributed by atoms with van der Waals surface area (Å²) in [6, 6.07) is 0. The van der Waals surface area contributed by atoms with Crippen LogP contribution in [0.3, 0.4) is 0 Å². The Morgan fingerprint density at radius 2 is 1.02 bits per heavy atom. The third kappa shape index (κ3) is 33.1. The Bertz CT molecular complexity index is 1270. The van der Waals surface area contributed by atoms with Gasteiger partial charge in [-0.3, -0.25) is 14.1 Å². The quantitative estimate of drug-likeness (QED) is 0.0198. The standard InChI is InChI=1S/C48H86O12S/c1-3-5-7-9-11-13-15-17-18-19-20-21-22-23-25-26-28-30-32-34-36-43(49)57-38-41(39-58-48-47(53)46(52)45(51)42(60-48)40-61(54,55)56)59-44(50)37-35-33-31-29-27-24-16-14-12-10-8-6-4-2/h20-21,24,27,31,33,41-42,45-48,51-53H,3-19,22-23,25-26,28-30,32,34-40H2,1-2H3,(H,54,55,56)/b21-20+,27-24+,33-31+/t41?,42-,45-,46?,47?,48+/m1/s1. The van der Waals surface area contributed by atoms with Crippen LogP contribution in [0.25, 0.3) is 0 Å². The maximum atomic E-state index is 12.8. The van der Waals surface area contributed by atoms with Crippen LogP contribution in [0.1, 0.15) is 200 Å². The second-order valence-electron chi connectivity index (χ2n) is 16.8. The van der Waals surface area contributed by atoms with Crippen molar-refractivity contribution in [3.63, 3.8) is 0 Å². The van der Waals surface area contributed by atoms with Gasteiger partial charge in [0, 0.05) is 12.8 Å². The Balaban J connectivity index is 2.41. The molecular formula is C48H86O12S. The molecule has 0 aromatic rings. The molecule has 12 nitrogen and oxygen atoms in total. The molecule has 1 aliphatic rings. The van der Waals surface area contributed by atoms with E-state index in [2.05, 4.69) is 38.2 Å². The first-order chi connectivity index (χ1) is 29.5. The molecule has 0 bridgehead atoms. The van der Waals surface area contributed by atoms with Crippen LogP contribution in [-0.4, -0.2) is 96.0 Å². The maximum Gasteiger partial charge on any atom is 0.306 e. The van der Waals surface area contributed by atoms with Gasteiger partial charge in [-0.2, -0.15) is 8.42 Å². The molecule has 0 saturated carbocycles. The zero-order chi connectivity index (χ0) is 44.8. The summed E-state index contributed by atoms with van der Waals surface area (Å²) in [7, 11) is -4.61. The van der Waals surface area contributed by atoms with Crippen LogP contribution >= 0.6 is 0 Å². The van der Waals surface area contributed by atoms with E-state index < -0.39 is 71.2 Å². The average Bonchev–Trinajstić information content (AvgIpc) is 3.22. The van der Waals surface area contributed by atoms with Gasteiger partial charge in [-0.15, -0.1) is 0 Å². The van der Waals surface area contributed by atoms with Gasteiger partial charge in [0.1, 0.15) is 36.8 Å². The van der Waals surface area contributed by atoms with Crippen molar-refractivity contribution in [2.24, 2.45) is 0 Å². The first-order valence-electron chi connectivity index (χ1n) is 24.0. The number of aliphatic hydroxyl groups excluding tert-OH is 3. The van der Waals surface area contributed by atoms with E-state index in [1.54, 1.807) is 0 Å². The smallest absolute Gasteiger partial charge is 0.306 e. The zero-order valence-electron chi connectivity index (χ0n) is 38.0. The molecule has 1 heterocycles. The van der Waals surface area contributed by atoms with Crippen molar-refractivity contribution >= 4 is 22.1 Å². The van der Waals surface area contributed by atoms with Crippen LogP contribution in [0.4, 0.5) is 0 Å². The minimum absolute atomic E-state index is 0.0580. The summed E-state index contributed by atoms with van der Waals surface area (Å²) >= 11 is 0. The number of ether oxygens (including phenoxy) is 4. The summed E-state index contributed by atoms with van der Waals surface area (Å²) in [5.74, 6) is -2.07. The first kappa shape index (κ1) is 56.9. The van der Waals surface area contributed by atoms with E-state index in [0.29, 0.717) is 12.8 Å². The Labute approximate surface area is 370 Å². The summed E-state index contributed by atoms with van der Waals surface area (Å²) < 4.78 is 54.0. The molecule has 6 atom stereocenters. The molecule has 1 saturated heterocycles. The molecule has 0 spiro atoms. The minimum Gasteiger partial charge on any atom is -0.462 e. The van der Waals surface area contributed by atoms with E-state index in [-0.39, 0.29) is 19.4 Å². The lowest BCUT2D eigenvalue weighted by Gasteiger charge is -2.40. The van der Waals surface area contributed by atoms with Crippen molar-refractivity contribution in [3.05, 3.63) is 36.5 Å². The van der Waals surface area contributed by atoms with Gasteiger partial charge < -0.3 is 34.3 Å². The monoisotopic (exact) mass is 887 g/mol. The number of hydrogen-bond acceptors (Lipinski definition) is 11. The highest BCUT2D eigenvalue weighted by atomic mass is 32.2. The Hall–Kier alpha value is -2.13. The highest BCUT2D eigenvalue weighted by Crippen LogP contribution is 2.24. The van der Waals surface area contributed by atoms with Gasteiger partial charge >= 0.3 is 11.9 Å². The lowest BCUT2D eigenvalue weighted by atomic mass is 10.00. The van der Waals surface area contributed by atoms with E-state index in [9.17, 15) is 37.9 Å². The van der Waals surface area contributed by atoms with E-state index in [1.165, 1.54) is 122 Å². The molecule has 4 N–H and O–H groups in total. The molecule has 356 valence electrons. The fourth-order valence-corrected chi connectivity index (χ4v) is 7.89. The van der Waals surface area contributed by atoms with Crippen molar-refractivity contribution < 1.29 is 56.8 Å². The summed E-state index contributed by atoms with van der Waals surface area (Å²) in [4.78, 5) is 25.4. The molecule has 61 heavy (non-hydrogen) atoms. The molecule has 0 aliphatic carbocycles. The van der Waals surface area contributed by atoms with Crippen LogP contribution in [0.5, 0.6) is 0 Å². The van der Waals surface area contributed by atoms with E-state index >= 15 is 0 Å². The second kappa shape index (κ2) is 38.3. The summed E-state index contributed by atoms with van der Waals surface area (Å²) in [5, 5.41) is 30.9. The normalized spacial score (nSPS) is 20.3. The van der Waals surface area contributed by atoms with Crippen LogP contribution < -0.4 is 0 Å². The van der Waals surface area contributed by atoms with Gasteiger partial charge in [-0.1, -0.05) is 166 Å². The van der Waals surface area contributed by atoms with Gasteiger partial charge in [0.25, 0.3) is 10.1 Å². The Morgan fingerprint density at radius 1 is 0.557 bits per heavy atom. The van der Waals surface area contributed by atoms with Gasteiger partial charge in [-0.05, 0) is 57.8 Å². The molecule has 1 fully saturated rings. The van der Waals surface area contributed by atoms with Crippen molar-refractivity contribution in [2.75, 3.05) is 19.0 Å². The van der Waals surface area contributed by atoms with Gasteiger partial charge in [0.15, 0.2) is 12.4 Å². The van der Waals surface area contributed by atoms with Crippen molar-refractivity contribution in [1.29, 1.82) is 0 Å². The third-order valence-corrected chi connectivity index (χ3v) is 11.7. The van der Waals surface area contributed by atoms with Crippen molar-refractivity contribution in [2.45, 2.75) is 237 Å². The minimum atomic E-state index is -4.61. The molecule has 0 amide bonds. The van der Waals surface area contributed by atoms with Crippen LogP contribution in [-0.2, 0) is 38.7 Å².